The molecule has 0 bridgehead atoms. The Morgan fingerprint density at radius 2 is 1.88 bits per heavy atom. The fraction of sp³-hybridized carbons (Fsp3) is 0.550. The summed E-state index contributed by atoms with van der Waals surface area (Å²) in [6.45, 7) is 3.23. The van der Waals surface area contributed by atoms with Crippen molar-refractivity contribution in [1.29, 1.82) is 0 Å². The van der Waals surface area contributed by atoms with E-state index in [0.717, 1.165) is 12.0 Å². The van der Waals surface area contributed by atoms with Gasteiger partial charge in [-0.25, -0.2) is 0 Å². The Hall–Kier alpha value is -2.01. The van der Waals surface area contributed by atoms with Crippen LogP contribution in [0.4, 0.5) is 0 Å². The van der Waals surface area contributed by atoms with E-state index in [9.17, 15) is 19.5 Å². The average molecular weight is 342 g/mol. The molecule has 1 aromatic rings. The first-order chi connectivity index (χ1) is 11.8. The van der Waals surface area contributed by atoms with E-state index in [2.05, 4.69) is 0 Å². The van der Waals surface area contributed by atoms with Crippen LogP contribution in [0, 0.1) is 17.3 Å². The molecular formula is C20H22O5. The second kappa shape index (κ2) is 5.24. The predicted octanol–water partition coefficient (Wildman–Crippen LogP) is 2.32. The Labute approximate surface area is 146 Å². The maximum Gasteiger partial charge on any atom is 0.308 e. The quantitative estimate of drug-likeness (QED) is 0.626. The number of rotatable bonds is 1. The van der Waals surface area contributed by atoms with Gasteiger partial charge in [0.25, 0.3) is 0 Å². The van der Waals surface area contributed by atoms with Crippen molar-refractivity contribution in [2.75, 3.05) is 0 Å². The molecule has 5 heteroatoms. The largest absolute Gasteiger partial charge is 0.427 e. The third-order valence-corrected chi connectivity index (χ3v) is 6.59. The molecule has 25 heavy (non-hydrogen) atoms. The van der Waals surface area contributed by atoms with Crippen molar-refractivity contribution in [3.8, 4) is 5.75 Å². The third-order valence-electron chi connectivity index (χ3n) is 6.59. The molecular weight excluding hydrogens is 320 g/mol. The molecule has 4 atom stereocenters. The first kappa shape index (κ1) is 16.5. The summed E-state index contributed by atoms with van der Waals surface area (Å²) >= 11 is 0. The molecule has 3 aliphatic carbocycles. The molecule has 0 heterocycles. The lowest BCUT2D eigenvalue weighted by atomic mass is 9.53. The van der Waals surface area contributed by atoms with Crippen molar-refractivity contribution in [2.45, 2.75) is 51.6 Å². The minimum Gasteiger partial charge on any atom is -0.427 e. The summed E-state index contributed by atoms with van der Waals surface area (Å²) < 4.78 is 5.13. The number of esters is 1. The lowest BCUT2D eigenvalue weighted by Gasteiger charge is -2.51. The van der Waals surface area contributed by atoms with Crippen LogP contribution in [0.3, 0.4) is 0 Å². The van der Waals surface area contributed by atoms with Crippen LogP contribution in [-0.4, -0.2) is 22.6 Å². The Morgan fingerprint density at radius 1 is 1.16 bits per heavy atom. The van der Waals surface area contributed by atoms with Crippen LogP contribution in [0.15, 0.2) is 18.2 Å². The highest BCUT2D eigenvalue weighted by Gasteiger charge is 2.63. The van der Waals surface area contributed by atoms with E-state index in [1.165, 1.54) is 6.92 Å². The number of aliphatic hydroxyl groups is 1. The first-order valence-electron chi connectivity index (χ1n) is 8.87. The van der Waals surface area contributed by atoms with Gasteiger partial charge in [0.1, 0.15) is 11.5 Å². The molecule has 0 saturated heterocycles. The summed E-state index contributed by atoms with van der Waals surface area (Å²) in [6.07, 6.45) is 2.71. The van der Waals surface area contributed by atoms with E-state index in [1.54, 1.807) is 18.2 Å². The molecule has 0 amide bonds. The number of hydrogen-bond acceptors (Lipinski definition) is 5. The zero-order valence-electron chi connectivity index (χ0n) is 14.5. The van der Waals surface area contributed by atoms with Gasteiger partial charge in [-0.05, 0) is 48.4 Å². The molecule has 0 aromatic heterocycles. The van der Waals surface area contributed by atoms with Gasteiger partial charge >= 0.3 is 5.97 Å². The van der Waals surface area contributed by atoms with Gasteiger partial charge in [-0.15, -0.1) is 0 Å². The standard InChI is InChI=1S/C20H22O5/c1-11(21)25-13-4-6-14-12(9-13)3-5-16-15-7-8-17(22)19(15,2)10-18(23)20(14,16)24/h4,6,9,15-16,24H,3,5,7-8,10H2,1-2H3/t15-,16+,19+,20-/m0/s1. The highest BCUT2D eigenvalue weighted by Crippen LogP contribution is 2.59. The Bertz CT molecular complexity index is 797. The summed E-state index contributed by atoms with van der Waals surface area (Å²) in [5.41, 5.74) is -0.690. The van der Waals surface area contributed by atoms with Gasteiger partial charge in [-0.2, -0.15) is 0 Å². The van der Waals surface area contributed by atoms with Crippen LogP contribution in [-0.2, 0) is 26.4 Å². The number of ketones is 2. The molecule has 132 valence electrons. The van der Waals surface area contributed by atoms with E-state index in [1.807, 2.05) is 6.92 Å². The highest BCUT2D eigenvalue weighted by atomic mass is 16.5. The second-order valence-corrected chi connectivity index (χ2v) is 7.91. The molecule has 1 N–H and O–H groups in total. The van der Waals surface area contributed by atoms with Gasteiger partial charge < -0.3 is 9.84 Å². The predicted molar refractivity (Wildman–Crippen MR) is 88.9 cm³/mol. The molecule has 3 aliphatic rings. The maximum atomic E-state index is 13.0. The van der Waals surface area contributed by atoms with Crippen molar-refractivity contribution in [1.82, 2.24) is 0 Å². The van der Waals surface area contributed by atoms with Crippen molar-refractivity contribution >= 4 is 17.5 Å². The van der Waals surface area contributed by atoms with Crippen LogP contribution < -0.4 is 4.74 Å². The number of carbonyl (C=O) groups is 3. The summed E-state index contributed by atoms with van der Waals surface area (Å²) in [7, 11) is 0. The van der Waals surface area contributed by atoms with Gasteiger partial charge in [0.2, 0.25) is 0 Å². The van der Waals surface area contributed by atoms with Crippen LogP contribution in [0.25, 0.3) is 0 Å². The molecule has 0 unspecified atom stereocenters. The Morgan fingerprint density at radius 3 is 2.60 bits per heavy atom. The highest BCUT2D eigenvalue weighted by molar-refractivity contribution is 5.98. The summed E-state index contributed by atoms with van der Waals surface area (Å²) in [6, 6.07) is 5.07. The lowest BCUT2D eigenvalue weighted by molar-refractivity contribution is -0.169. The molecule has 2 saturated carbocycles. The van der Waals surface area contributed by atoms with Gasteiger partial charge in [-0.1, -0.05) is 13.0 Å². The zero-order valence-corrected chi connectivity index (χ0v) is 14.5. The number of Topliss-reactive ketones (excluding diaryl/α,β-unsaturated/α-hetero) is 2. The number of carbonyl (C=O) groups excluding carboxylic acids is 3. The SMILES string of the molecule is CC(=O)Oc1ccc2c(c1)CC[C@@H]1[C@@H]3CCC(=O)[C@]3(C)CC(=O)[C@]21O. The fourth-order valence-electron chi connectivity index (χ4n) is 5.39. The lowest BCUT2D eigenvalue weighted by Crippen LogP contribution is -2.57. The molecule has 0 aliphatic heterocycles. The Kier molecular flexibility index (Phi) is 3.45. The minimum absolute atomic E-state index is 0.0454. The topological polar surface area (TPSA) is 80.7 Å². The van der Waals surface area contributed by atoms with E-state index in [0.29, 0.717) is 30.6 Å². The van der Waals surface area contributed by atoms with Crippen LogP contribution in [0.1, 0.15) is 50.7 Å². The van der Waals surface area contributed by atoms with E-state index < -0.39 is 17.0 Å². The number of benzene rings is 1. The molecule has 0 radical (unpaired) electrons. The van der Waals surface area contributed by atoms with E-state index in [-0.39, 0.29) is 29.8 Å². The van der Waals surface area contributed by atoms with Gasteiger partial charge in [-0.3, -0.25) is 14.4 Å². The zero-order chi connectivity index (χ0) is 18.0. The number of aryl methyl sites for hydroxylation is 1. The van der Waals surface area contributed by atoms with Gasteiger partial charge in [0.15, 0.2) is 11.4 Å². The number of hydrogen-bond donors (Lipinski definition) is 1. The van der Waals surface area contributed by atoms with Gasteiger partial charge in [0.05, 0.1) is 0 Å². The first-order valence-corrected chi connectivity index (χ1v) is 8.87. The summed E-state index contributed by atoms with van der Waals surface area (Å²) in [4.78, 5) is 36.5. The van der Waals surface area contributed by atoms with Crippen molar-refractivity contribution in [3.05, 3.63) is 29.3 Å². The van der Waals surface area contributed by atoms with Crippen LogP contribution in [0.5, 0.6) is 5.75 Å². The van der Waals surface area contributed by atoms with Crippen molar-refractivity contribution in [3.63, 3.8) is 0 Å². The maximum absolute atomic E-state index is 13.0. The van der Waals surface area contributed by atoms with Crippen molar-refractivity contribution < 1.29 is 24.2 Å². The monoisotopic (exact) mass is 342 g/mol. The normalized spacial score (nSPS) is 36.4. The molecule has 1 aromatic carbocycles. The van der Waals surface area contributed by atoms with Crippen LogP contribution in [0.2, 0.25) is 0 Å². The molecule has 4 rings (SSSR count). The smallest absolute Gasteiger partial charge is 0.308 e. The molecule has 2 fully saturated rings. The fourth-order valence-corrected chi connectivity index (χ4v) is 5.39. The summed E-state index contributed by atoms with van der Waals surface area (Å²) in [5, 5.41) is 11.5. The third kappa shape index (κ3) is 2.15. The van der Waals surface area contributed by atoms with Crippen LogP contribution >= 0.6 is 0 Å². The average Bonchev–Trinajstić information content (AvgIpc) is 2.82. The Balaban J connectivity index is 1.78. The van der Waals surface area contributed by atoms with E-state index >= 15 is 0 Å². The number of fused-ring (bicyclic) bond motifs is 5. The molecule has 0 spiro atoms. The second-order valence-electron chi connectivity index (χ2n) is 7.91. The van der Waals surface area contributed by atoms with E-state index in [4.69, 9.17) is 4.74 Å². The molecule has 5 nitrogen and oxygen atoms in total. The minimum atomic E-state index is -1.53. The number of ether oxygens (including phenoxy) is 1. The summed E-state index contributed by atoms with van der Waals surface area (Å²) in [5.74, 6) is -0.253. The van der Waals surface area contributed by atoms with Crippen molar-refractivity contribution in [2.24, 2.45) is 17.3 Å². The van der Waals surface area contributed by atoms with Gasteiger partial charge in [0, 0.05) is 31.1 Å².